The normalized spacial score (nSPS) is 21.1. The van der Waals surface area contributed by atoms with Crippen LogP contribution in [0.3, 0.4) is 0 Å². The maximum Gasteiger partial charge on any atom is 0.268 e. The van der Waals surface area contributed by atoms with Crippen LogP contribution in [0.1, 0.15) is 30.5 Å². The number of hydrogen-bond donors (Lipinski definition) is 0. The summed E-state index contributed by atoms with van der Waals surface area (Å²) in [6, 6.07) is 12.4. The van der Waals surface area contributed by atoms with Crippen LogP contribution in [-0.2, 0) is 21.0 Å². The van der Waals surface area contributed by atoms with Gasteiger partial charge in [0.2, 0.25) is 5.91 Å². The summed E-state index contributed by atoms with van der Waals surface area (Å²) in [5, 5.41) is 0. The summed E-state index contributed by atoms with van der Waals surface area (Å²) in [7, 11) is 0. The van der Waals surface area contributed by atoms with Gasteiger partial charge in [-0.25, -0.2) is 4.39 Å². The molecule has 1 atom stereocenters. The van der Waals surface area contributed by atoms with Crippen molar-refractivity contribution in [2.75, 3.05) is 17.2 Å². The van der Waals surface area contributed by atoms with Crippen molar-refractivity contribution in [3.8, 4) is 0 Å². The van der Waals surface area contributed by atoms with E-state index in [1.54, 1.807) is 15.9 Å². The van der Waals surface area contributed by atoms with Crippen LogP contribution in [0.2, 0.25) is 0 Å². The average molecular weight is 399 g/mol. The molecule has 4 rings (SSSR count). The summed E-state index contributed by atoms with van der Waals surface area (Å²) in [5.41, 5.74) is 3.39. The first kappa shape index (κ1) is 19.0. The number of aryl methyl sites for hydroxylation is 1. The molecule has 146 valence electrons. The van der Waals surface area contributed by atoms with Crippen molar-refractivity contribution in [1.82, 2.24) is 4.90 Å². The molecule has 0 N–H and O–H groups in total. The van der Waals surface area contributed by atoms with E-state index in [0.29, 0.717) is 30.1 Å². The molecule has 0 radical (unpaired) electrons. The van der Waals surface area contributed by atoms with Gasteiger partial charge in [-0.3, -0.25) is 9.59 Å². The summed E-state index contributed by atoms with van der Waals surface area (Å²) < 4.78 is 14.2. The van der Waals surface area contributed by atoms with E-state index in [4.69, 9.17) is 0 Å². The molecule has 2 amide bonds. The zero-order valence-electron chi connectivity index (χ0n) is 16.2. The predicted octanol–water partition coefficient (Wildman–Crippen LogP) is 4.07. The number of nitrogens with zero attached hydrogens (tertiary/aromatic N) is 2. The molecule has 0 aliphatic carbocycles. The van der Waals surface area contributed by atoms with Crippen molar-refractivity contribution in [3.05, 3.63) is 65.0 Å². The number of benzene rings is 2. The van der Waals surface area contributed by atoms with Gasteiger partial charge in [0.15, 0.2) is 4.87 Å². The van der Waals surface area contributed by atoms with Crippen LogP contribution in [0.4, 0.5) is 10.1 Å². The van der Waals surface area contributed by atoms with Gasteiger partial charge in [0.05, 0.1) is 12.2 Å². The number of halogens is 1. The maximum atomic E-state index is 14.2. The van der Waals surface area contributed by atoms with E-state index in [1.165, 1.54) is 23.9 Å². The molecule has 2 aliphatic heterocycles. The van der Waals surface area contributed by atoms with Crippen LogP contribution in [0.5, 0.6) is 0 Å². The Morgan fingerprint density at radius 3 is 2.75 bits per heavy atom. The van der Waals surface area contributed by atoms with Gasteiger partial charge in [-0.05, 0) is 30.7 Å². The molecule has 1 fully saturated rings. The highest BCUT2D eigenvalue weighted by Gasteiger charge is 2.59. The monoisotopic (exact) mass is 398 g/mol. The topological polar surface area (TPSA) is 40.6 Å². The standard InChI is InChI=1S/C22H23FN2O2S/c1-14(2)20(26)25-9-10-28-22(25)18-12-17(23)7-8-19(18)24(21(22)27)13-16-6-4-5-15(3)11-16/h4-8,11-12,14H,9-10,13H2,1-3H3. The number of rotatable bonds is 3. The lowest BCUT2D eigenvalue weighted by Crippen LogP contribution is -2.51. The number of carbonyl (C=O) groups excluding carboxylic acids is 2. The van der Waals surface area contributed by atoms with E-state index in [2.05, 4.69) is 0 Å². The maximum absolute atomic E-state index is 14.2. The lowest BCUT2D eigenvalue weighted by molar-refractivity contribution is -0.142. The van der Waals surface area contributed by atoms with Gasteiger partial charge >= 0.3 is 0 Å². The number of fused-ring (bicyclic) bond motifs is 2. The summed E-state index contributed by atoms with van der Waals surface area (Å²) >= 11 is 1.43. The van der Waals surface area contributed by atoms with Crippen LogP contribution in [0, 0.1) is 18.7 Å². The molecule has 28 heavy (non-hydrogen) atoms. The first-order valence-corrected chi connectivity index (χ1v) is 10.5. The van der Waals surface area contributed by atoms with Crippen molar-refractivity contribution in [1.29, 1.82) is 0 Å². The molecular weight excluding hydrogens is 375 g/mol. The third kappa shape index (κ3) is 2.82. The number of carbonyl (C=O) groups is 2. The summed E-state index contributed by atoms with van der Waals surface area (Å²) in [4.78, 5) is 28.8. The van der Waals surface area contributed by atoms with E-state index in [-0.39, 0.29) is 17.7 Å². The number of hydrogen-bond acceptors (Lipinski definition) is 3. The quantitative estimate of drug-likeness (QED) is 0.783. The van der Waals surface area contributed by atoms with Crippen LogP contribution in [0.25, 0.3) is 0 Å². The van der Waals surface area contributed by atoms with Crippen molar-refractivity contribution >= 4 is 29.3 Å². The Labute approximate surface area is 168 Å². The van der Waals surface area contributed by atoms with Crippen molar-refractivity contribution in [3.63, 3.8) is 0 Å². The Hall–Kier alpha value is -2.34. The molecule has 1 spiro atoms. The second-order valence-electron chi connectivity index (χ2n) is 7.68. The first-order chi connectivity index (χ1) is 13.3. The van der Waals surface area contributed by atoms with Crippen LogP contribution in [-0.4, -0.2) is 29.0 Å². The second-order valence-corrected chi connectivity index (χ2v) is 8.97. The molecule has 0 aromatic heterocycles. The predicted molar refractivity (Wildman–Crippen MR) is 109 cm³/mol. The number of anilines is 1. The average Bonchev–Trinajstić information content (AvgIpc) is 3.18. The van der Waals surface area contributed by atoms with Crippen LogP contribution in [0.15, 0.2) is 42.5 Å². The minimum Gasteiger partial charge on any atom is -0.315 e. The fourth-order valence-corrected chi connectivity index (χ4v) is 5.53. The zero-order chi connectivity index (χ0) is 20.1. The highest BCUT2D eigenvalue weighted by Crippen LogP contribution is 2.54. The fraction of sp³-hybridized carbons (Fsp3) is 0.364. The minimum absolute atomic E-state index is 0.0778. The van der Waals surface area contributed by atoms with E-state index in [9.17, 15) is 14.0 Å². The lowest BCUT2D eigenvalue weighted by Gasteiger charge is -2.34. The number of amides is 2. The van der Waals surface area contributed by atoms with Gasteiger partial charge in [0.1, 0.15) is 5.82 Å². The zero-order valence-corrected chi connectivity index (χ0v) is 17.1. The Kier molecular flexibility index (Phi) is 4.70. The Bertz CT molecular complexity index is 961. The first-order valence-electron chi connectivity index (χ1n) is 9.47. The van der Waals surface area contributed by atoms with Crippen LogP contribution < -0.4 is 4.90 Å². The molecule has 0 saturated carbocycles. The van der Waals surface area contributed by atoms with E-state index in [0.717, 1.165) is 11.1 Å². The van der Waals surface area contributed by atoms with E-state index >= 15 is 0 Å². The molecule has 1 unspecified atom stereocenters. The molecule has 2 aliphatic rings. The summed E-state index contributed by atoms with van der Waals surface area (Å²) in [6.07, 6.45) is 0. The molecule has 2 aromatic rings. The SMILES string of the molecule is Cc1cccc(CN2C(=O)C3(SCCN3C(=O)C(C)C)c3cc(F)ccc32)c1. The van der Waals surface area contributed by atoms with Gasteiger partial charge < -0.3 is 9.80 Å². The van der Waals surface area contributed by atoms with Crippen molar-refractivity contribution < 1.29 is 14.0 Å². The van der Waals surface area contributed by atoms with E-state index in [1.807, 2.05) is 45.0 Å². The third-order valence-corrected chi connectivity index (χ3v) is 6.76. The van der Waals surface area contributed by atoms with Crippen molar-refractivity contribution in [2.24, 2.45) is 5.92 Å². The molecule has 4 nitrogen and oxygen atoms in total. The van der Waals surface area contributed by atoms with Crippen molar-refractivity contribution in [2.45, 2.75) is 32.2 Å². The smallest absolute Gasteiger partial charge is 0.268 e. The molecule has 2 heterocycles. The summed E-state index contributed by atoms with van der Waals surface area (Å²) in [6.45, 7) is 6.55. The third-order valence-electron chi connectivity index (χ3n) is 5.34. The molecule has 1 saturated heterocycles. The molecule has 2 aromatic carbocycles. The Balaban J connectivity index is 1.82. The fourth-order valence-electron chi connectivity index (χ4n) is 4.07. The van der Waals surface area contributed by atoms with E-state index < -0.39 is 10.7 Å². The van der Waals surface area contributed by atoms with Gasteiger partial charge in [-0.1, -0.05) is 43.7 Å². The summed E-state index contributed by atoms with van der Waals surface area (Å²) in [5.74, 6) is -0.214. The highest BCUT2D eigenvalue weighted by atomic mass is 32.2. The largest absolute Gasteiger partial charge is 0.315 e. The molecule has 0 bridgehead atoms. The van der Waals surface area contributed by atoms with Crippen LogP contribution >= 0.6 is 11.8 Å². The Morgan fingerprint density at radius 2 is 2.04 bits per heavy atom. The second kappa shape index (κ2) is 6.92. The molecular formula is C22H23FN2O2S. The van der Waals surface area contributed by atoms with Gasteiger partial charge in [0.25, 0.3) is 5.91 Å². The van der Waals surface area contributed by atoms with Gasteiger partial charge in [0, 0.05) is 23.8 Å². The molecule has 6 heteroatoms. The highest BCUT2D eigenvalue weighted by molar-refractivity contribution is 8.01. The minimum atomic E-state index is -1.16. The lowest BCUT2D eigenvalue weighted by atomic mass is 10.0. The number of thioether (sulfide) groups is 1. The Morgan fingerprint density at radius 1 is 1.25 bits per heavy atom. The van der Waals surface area contributed by atoms with Gasteiger partial charge in [-0.2, -0.15) is 0 Å². The van der Waals surface area contributed by atoms with Gasteiger partial charge in [-0.15, -0.1) is 11.8 Å².